The van der Waals surface area contributed by atoms with Crippen molar-refractivity contribution in [1.29, 1.82) is 0 Å². The predicted molar refractivity (Wildman–Crippen MR) is 71.4 cm³/mol. The molecule has 2 N–H and O–H groups in total. The normalized spacial score (nSPS) is 19.9. The number of β-amino-alcohol motifs (C(OH)–C–C–N with tert-alkyl or cyclic N) is 1. The van der Waals surface area contributed by atoms with Gasteiger partial charge in [0.15, 0.2) is 0 Å². The van der Waals surface area contributed by atoms with Crippen LogP contribution in [0.2, 0.25) is 0 Å². The molecule has 1 aliphatic heterocycles. The monoisotopic (exact) mass is 234 g/mol. The maximum atomic E-state index is 9.15. The molecule has 3 heteroatoms. The van der Waals surface area contributed by atoms with Gasteiger partial charge in [-0.05, 0) is 31.0 Å². The summed E-state index contributed by atoms with van der Waals surface area (Å²) < 4.78 is 0. The quantitative estimate of drug-likeness (QED) is 0.835. The summed E-state index contributed by atoms with van der Waals surface area (Å²) in [4.78, 5) is 2.30. The fourth-order valence-electron chi connectivity index (χ4n) is 2.64. The van der Waals surface area contributed by atoms with Crippen LogP contribution in [0.5, 0.6) is 0 Å². The molecule has 3 nitrogen and oxygen atoms in total. The number of benzene rings is 1. The summed E-state index contributed by atoms with van der Waals surface area (Å²) in [6.45, 7) is 5.15. The minimum absolute atomic E-state index is 0.222. The number of anilines is 1. The molecule has 0 saturated heterocycles. The number of aliphatic hydroxyl groups is 1. The molecule has 0 spiro atoms. The third-order valence-corrected chi connectivity index (χ3v) is 3.39. The molecule has 2 rings (SSSR count). The fourth-order valence-corrected chi connectivity index (χ4v) is 2.64. The van der Waals surface area contributed by atoms with Crippen LogP contribution in [-0.2, 0) is 0 Å². The Hall–Kier alpha value is -1.06. The largest absolute Gasteiger partial charge is 0.395 e. The number of rotatable bonds is 4. The zero-order chi connectivity index (χ0) is 12.1. The minimum atomic E-state index is 0.222. The second-order valence-electron chi connectivity index (χ2n) is 4.52. The van der Waals surface area contributed by atoms with Crippen LogP contribution < -0.4 is 10.2 Å². The Labute approximate surface area is 103 Å². The average molecular weight is 234 g/mol. The molecule has 0 fully saturated rings. The van der Waals surface area contributed by atoms with Crippen molar-refractivity contribution < 1.29 is 5.11 Å². The van der Waals surface area contributed by atoms with Gasteiger partial charge in [-0.1, -0.05) is 25.1 Å². The molecule has 1 aromatic rings. The Bertz CT molecular complexity index is 321. The van der Waals surface area contributed by atoms with Crippen molar-refractivity contribution in [3.05, 3.63) is 29.8 Å². The van der Waals surface area contributed by atoms with Crippen molar-refractivity contribution in [2.24, 2.45) is 0 Å². The van der Waals surface area contributed by atoms with Crippen molar-refractivity contribution in [2.75, 3.05) is 31.1 Å². The first-order valence-electron chi connectivity index (χ1n) is 6.55. The Balaban J connectivity index is 2.29. The smallest absolute Gasteiger partial charge is 0.0606 e. The van der Waals surface area contributed by atoms with E-state index in [0.717, 1.165) is 19.6 Å². The van der Waals surface area contributed by atoms with E-state index in [2.05, 4.69) is 41.4 Å². The van der Waals surface area contributed by atoms with E-state index in [4.69, 9.17) is 5.11 Å². The van der Waals surface area contributed by atoms with E-state index in [0.29, 0.717) is 6.04 Å². The highest BCUT2D eigenvalue weighted by Crippen LogP contribution is 2.32. The standard InChI is InChI=1S/C14H22N2O/c1-2-15-13-7-5-9-16(10-11-17)14-8-4-3-6-12(13)14/h3-4,6,8,13,15,17H,2,5,7,9-11H2,1H3. The number of nitrogens with zero attached hydrogens (tertiary/aromatic N) is 1. The molecule has 94 valence electrons. The van der Waals surface area contributed by atoms with Crippen molar-refractivity contribution in [3.8, 4) is 0 Å². The fraction of sp³-hybridized carbons (Fsp3) is 0.571. The van der Waals surface area contributed by atoms with Gasteiger partial charge in [0.05, 0.1) is 6.61 Å². The second-order valence-corrected chi connectivity index (χ2v) is 4.52. The van der Waals surface area contributed by atoms with Crippen LogP contribution in [0, 0.1) is 0 Å². The van der Waals surface area contributed by atoms with Gasteiger partial charge in [0.1, 0.15) is 0 Å². The number of fused-ring (bicyclic) bond motifs is 1. The lowest BCUT2D eigenvalue weighted by atomic mass is 10.0. The van der Waals surface area contributed by atoms with E-state index in [1.807, 2.05) is 0 Å². The number of aliphatic hydroxyl groups excluding tert-OH is 1. The number of nitrogens with one attached hydrogen (secondary N) is 1. The topological polar surface area (TPSA) is 35.5 Å². The second kappa shape index (κ2) is 6.03. The van der Waals surface area contributed by atoms with Crippen molar-refractivity contribution >= 4 is 5.69 Å². The Morgan fingerprint density at radius 1 is 1.41 bits per heavy atom. The molecule has 1 aromatic carbocycles. The third kappa shape index (κ3) is 2.79. The van der Waals surface area contributed by atoms with Crippen LogP contribution in [-0.4, -0.2) is 31.3 Å². The van der Waals surface area contributed by atoms with Crippen LogP contribution in [0.15, 0.2) is 24.3 Å². The summed E-state index contributed by atoms with van der Waals surface area (Å²) in [6, 6.07) is 9.02. The summed E-state index contributed by atoms with van der Waals surface area (Å²) in [5.41, 5.74) is 2.66. The SMILES string of the molecule is CCNC1CCCN(CCO)c2ccccc21. The number of para-hydroxylation sites is 1. The molecular formula is C14H22N2O. The van der Waals surface area contributed by atoms with Crippen molar-refractivity contribution in [2.45, 2.75) is 25.8 Å². The van der Waals surface area contributed by atoms with Gasteiger partial charge in [-0.3, -0.25) is 0 Å². The Morgan fingerprint density at radius 2 is 2.24 bits per heavy atom. The minimum Gasteiger partial charge on any atom is -0.395 e. The summed E-state index contributed by atoms with van der Waals surface area (Å²) in [5, 5.41) is 12.7. The molecule has 1 unspecified atom stereocenters. The lowest BCUT2D eigenvalue weighted by Gasteiger charge is -2.25. The molecule has 0 bridgehead atoms. The highest BCUT2D eigenvalue weighted by molar-refractivity contribution is 5.55. The van der Waals surface area contributed by atoms with Gasteiger partial charge in [-0.2, -0.15) is 0 Å². The molecule has 0 aromatic heterocycles. The molecule has 1 aliphatic rings. The summed E-state index contributed by atoms with van der Waals surface area (Å²) >= 11 is 0. The van der Waals surface area contributed by atoms with E-state index in [-0.39, 0.29) is 6.61 Å². The van der Waals surface area contributed by atoms with Crippen molar-refractivity contribution in [3.63, 3.8) is 0 Å². The zero-order valence-electron chi connectivity index (χ0n) is 10.5. The third-order valence-electron chi connectivity index (χ3n) is 3.39. The average Bonchev–Trinajstić information content (AvgIpc) is 2.52. The Morgan fingerprint density at radius 3 is 3.00 bits per heavy atom. The van der Waals surface area contributed by atoms with E-state index >= 15 is 0 Å². The van der Waals surface area contributed by atoms with Gasteiger partial charge in [-0.15, -0.1) is 0 Å². The van der Waals surface area contributed by atoms with E-state index in [1.54, 1.807) is 0 Å². The molecule has 0 saturated carbocycles. The summed E-state index contributed by atoms with van der Waals surface area (Å²) in [6.07, 6.45) is 2.35. The van der Waals surface area contributed by atoms with Crippen molar-refractivity contribution in [1.82, 2.24) is 5.32 Å². The van der Waals surface area contributed by atoms with Crippen LogP contribution in [0.4, 0.5) is 5.69 Å². The van der Waals surface area contributed by atoms with Crippen LogP contribution in [0.3, 0.4) is 0 Å². The van der Waals surface area contributed by atoms with Gasteiger partial charge in [0.2, 0.25) is 0 Å². The van der Waals surface area contributed by atoms with E-state index < -0.39 is 0 Å². The molecule has 0 radical (unpaired) electrons. The van der Waals surface area contributed by atoms with Gasteiger partial charge in [0.25, 0.3) is 0 Å². The lowest BCUT2D eigenvalue weighted by molar-refractivity contribution is 0.301. The Kier molecular flexibility index (Phi) is 4.40. The molecule has 0 aliphatic carbocycles. The molecule has 1 atom stereocenters. The molecule has 1 heterocycles. The van der Waals surface area contributed by atoms with E-state index in [9.17, 15) is 0 Å². The van der Waals surface area contributed by atoms with Crippen LogP contribution >= 0.6 is 0 Å². The zero-order valence-corrected chi connectivity index (χ0v) is 10.5. The van der Waals surface area contributed by atoms with Gasteiger partial charge < -0.3 is 15.3 Å². The highest BCUT2D eigenvalue weighted by atomic mass is 16.3. The van der Waals surface area contributed by atoms with Gasteiger partial charge >= 0.3 is 0 Å². The van der Waals surface area contributed by atoms with Gasteiger partial charge in [-0.25, -0.2) is 0 Å². The lowest BCUT2D eigenvalue weighted by Crippen LogP contribution is -2.27. The summed E-state index contributed by atoms with van der Waals surface area (Å²) in [7, 11) is 0. The molecule has 0 amide bonds. The van der Waals surface area contributed by atoms with Gasteiger partial charge in [0, 0.05) is 24.8 Å². The first-order chi connectivity index (χ1) is 8.36. The summed E-state index contributed by atoms with van der Waals surface area (Å²) in [5.74, 6) is 0. The van der Waals surface area contributed by atoms with Crippen LogP contribution in [0.25, 0.3) is 0 Å². The predicted octanol–water partition coefficient (Wildman–Crippen LogP) is 1.93. The first kappa shape index (κ1) is 12.4. The maximum absolute atomic E-state index is 9.15. The number of hydrogen-bond acceptors (Lipinski definition) is 3. The van der Waals surface area contributed by atoms with Crippen LogP contribution in [0.1, 0.15) is 31.4 Å². The first-order valence-corrected chi connectivity index (χ1v) is 6.55. The van der Waals surface area contributed by atoms with E-state index in [1.165, 1.54) is 24.1 Å². The number of hydrogen-bond donors (Lipinski definition) is 2. The highest BCUT2D eigenvalue weighted by Gasteiger charge is 2.21. The molecular weight excluding hydrogens is 212 g/mol. The maximum Gasteiger partial charge on any atom is 0.0606 e. The molecule has 17 heavy (non-hydrogen) atoms.